The Morgan fingerprint density at radius 1 is 1.10 bits per heavy atom. The summed E-state index contributed by atoms with van der Waals surface area (Å²) in [5, 5.41) is 9.61. The highest BCUT2D eigenvalue weighted by atomic mass is 32.2. The van der Waals surface area contributed by atoms with Gasteiger partial charge in [0.1, 0.15) is 10.8 Å². The summed E-state index contributed by atoms with van der Waals surface area (Å²) in [4.78, 5) is 1.02. The van der Waals surface area contributed by atoms with Gasteiger partial charge in [-0.2, -0.15) is 5.10 Å². The minimum atomic E-state index is 0.475. The summed E-state index contributed by atoms with van der Waals surface area (Å²) in [6, 6.07) is 7.90. The lowest BCUT2D eigenvalue weighted by Gasteiger charge is -2.14. The van der Waals surface area contributed by atoms with Crippen LogP contribution in [0.2, 0.25) is 0 Å². The molecule has 0 radical (unpaired) electrons. The van der Waals surface area contributed by atoms with Gasteiger partial charge in [0, 0.05) is 12.1 Å². The minimum absolute atomic E-state index is 0.475. The second-order valence-corrected chi connectivity index (χ2v) is 5.60. The van der Waals surface area contributed by atoms with Crippen LogP contribution in [0.5, 0.6) is 5.75 Å². The van der Waals surface area contributed by atoms with E-state index in [-0.39, 0.29) is 0 Å². The van der Waals surface area contributed by atoms with Gasteiger partial charge >= 0.3 is 0 Å². The van der Waals surface area contributed by atoms with E-state index in [9.17, 15) is 0 Å². The lowest BCUT2D eigenvalue weighted by atomic mass is 10.0. The number of nitrogens with two attached hydrogens (primary N) is 1. The zero-order valence-electron chi connectivity index (χ0n) is 12.7. The Labute approximate surface area is 130 Å². The van der Waals surface area contributed by atoms with Crippen LogP contribution in [0.25, 0.3) is 0 Å². The second kappa shape index (κ2) is 7.43. The van der Waals surface area contributed by atoms with Gasteiger partial charge in [-0.3, -0.25) is 0 Å². The number of ether oxygens (including phenoxy) is 1. The highest BCUT2D eigenvalue weighted by Crippen LogP contribution is 2.36. The summed E-state index contributed by atoms with van der Waals surface area (Å²) >= 11 is 1.56. The van der Waals surface area contributed by atoms with Crippen LogP contribution in [0.3, 0.4) is 0 Å². The first-order valence-corrected chi connectivity index (χ1v) is 7.94. The van der Waals surface area contributed by atoms with E-state index in [0.29, 0.717) is 6.54 Å². The van der Waals surface area contributed by atoms with Crippen molar-refractivity contribution >= 4 is 11.8 Å². The summed E-state index contributed by atoms with van der Waals surface area (Å²) in [6.07, 6.45) is 1.80. The van der Waals surface area contributed by atoms with E-state index in [1.807, 2.05) is 24.3 Å². The molecule has 0 unspecified atom stereocenters. The molecule has 21 heavy (non-hydrogen) atoms. The van der Waals surface area contributed by atoms with Gasteiger partial charge < -0.3 is 10.5 Å². The van der Waals surface area contributed by atoms with Crippen LogP contribution in [0.15, 0.2) is 34.2 Å². The number of methoxy groups -OCH3 is 1. The molecule has 0 amide bonds. The van der Waals surface area contributed by atoms with Gasteiger partial charge in [-0.1, -0.05) is 37.7 Å². The fourth-order valence-electron chi connectivity index (χ4n) is 2.33. The molecule has 0 aliphatic rings. The van der Waals surface area contributed by atoms with Gasteiger partial charge in [0.15, 0.2) is 0 Å². The minimum Gasteiger partial charge on any atom is -0.496 e. The largest absolute Gasteiger partial charge is 0.496 e. The van der Waals surface area contributed by atoms with E-state index >= 15 is 0 Å². The molecule has 112 valence electrons. The predicted molar refractivity (Wildman–Crippen MR) is 85.8 cm³/mol. The zero-order valence-corrected chi connectivity index (χ0v) is 13.5. The molecule has 2 N–H and O–H groups in total. The summed E-state index contributed by atoms with van der Waals surface area (Å²) in [6.45, 7) is 4.70. The first kappa shape index (κ1) is 15.8. The maximum atomic E-state index is 5.96. The average Bonchev–Trinajstić information content (AvgIpc) is 2.54. The van der Waals surface area contributed by atoms with Crippen molar-refractivity contribution in [1.29, 1.82) is 0 Å². The molecule has 0 fully saturated rings. The van der Waals surface area contributed by atoms with Crippen molar-refractivity contribution in [3.63, 3.8) is 0 Å². The fraction of sp³-hybridized carbons (Fsp3) is 0.375. The molecule has 1 aromatic heterocycles. The molecule has 2 aromatic rings. The Hall–Kier alpha value is -1.59. The standard InChI is InChI=1S/C16H21N3OS/c1-4-11-12(10-17)16(19-18-13(11)5-2)21-15-9-7-6-8-14(15)20-3/h6-9H,4-5,10,17H2,1-3H3. The number of benzene rings is 1. The molecule has 0 aliphatic heterocycles. The van der Waals surface area contributed by atoms with Crippen LogP contribution in [0, 0.1) is 0 Å². The third-order valence-corrected chi connectivity index (χ3v) is 4.48. The van der Waals surface area contributed by atoms with E-state index in [1.54, 1.807) is 18.9 Å². The Kier molecular flexibility index (Phi) is 5.59. The Morgan fingerprint density at radius 2 is 1.86 bits per heavy atom. The molecule has 0 atom stereocenters. The smallest absolute Gasteiger partial charge is 0.132 e. The van der Waals surface area contributed by atoms with Crippen molar-refractivity contribution in [2.45, 2.75) is 43.2 Å². The number of aryl methyl sites for hydroxylation is 1. The molecular weight excluding hydrogens is 282 g/mol. The molecule has 5 heteroatoms. The molecule has 1 heterocycles. The highest BCUT2D eigenvalue weighted by molar-refractivity contribution is 7.99. The van der Waals surface area contributed by atoms with Crippen molar-refractivity contribution < 1.29 is 4.74 Å². The third kappa shape index (κ3) is 3.36. The number of rotatable bonds is 6. The van der Waals surface area contributed by atoms with Crippen molar-refractivity contribution in [1.82, 2.24) is 10.2 Å². The normalized spacial score (nSPS) is 10.7. The average molecular weight is 303 g/mol. The van der Waals surface area contributed by atoms with E-state index < -0.39 is 0 Å². The Morgan fingerprint density at radius 3 is 2.48 bits per heavy atom. The van der Waals surface area contributed by atoms with E-state index in [1.165, 1.54) is 5.56 Å². The summed E-state index contributed by atoms with van der Waals surface area (Å²) in [5.74, 6) is 0.838. The number of hydrogen-bond acceptors (Lipinski definition) is 5. The first-order chi connectivity index (χ1) is 10.2. The maximum absolute atomic E-state index is 5.96. The SMILES string of the molecule is CCc1nnc(Sc2ccccc2OC)c(CN)c1CC. The topological polar surface area (TPSA) is 61.0 Å². The number of hydrogen-bond donors (Lipinski definition) is 1. The summed E-state index contributed by atoms with van der Waals surface area (Å²) in [5.41, 5.74) is 9.33. The molecule has 4 nitrogen and oxygen atoms in total. The van der Waals surface area contributed by atoms with Crippen molar-refractivity contribution in [2.75, 3.05) is 7.11 Å². The number of aromatic nitrogens is 2. The molecule has 2 rings (SSSR count). The quantitative estimate of drug-likeness (QED) is 0.888. The van der Waals surface area contributed by atoms with Gasteiger partial charge in [0.2, 0.25) is 0 Å². The lowest BCUT2D eigenvalue weighted by molar-refractivity contribution is 0.405. The van der Waals surface area contributed by atoms with Crippen molar-refractivity contribution in [3.05, 3.63) is 41.1 Å². The maximum Gasteiger partial charge on any atom is 0.132 e. The molecule has 0 saturated heterocycles. The first-order valence-electron chi connectivity index (χ1n) is 7.13. The molecule has 0 spiro atoms. The molecule has 0 aliphatic carbocycles. The third-order valence-electron chi connectivity index (χ3n) is 3.40. The van der Waals surface area contributed by atoms with Gasteiger partial charge in [0.25, 0.3) is 0 Å². The second-order valence-electron chi connectivity index (χ2n) is 4.57. The van der Waals surface area contributed by atoms with Crippen LogP contribution < -0.4 is 10.5 Å². The van der Waals surface area contributed by atoms with Gasteiger partial charge in [-0.05, 0) is 30.5 Å². The van der Waals surface area contributed by atoms with Gasteiger partial charge in [0.05, 0.1) is 17.7 Å². The molecule has 0 bridgehead atoms. The van der Waals surface area contributed by atoms with E-state index in [2.05, 4.69) is 24.0 Å². The van der Waals surface area contributed by atoms with Crippen LogP contribution in [-0.2, 0) is 19.4 Å². The van der Waals surface area contributed by atoms with E-state index in [4.69, 9.17) is 10.5 Å². The summed E-state index contributed by atoms with van der Waals surface area (Å²) < 4.78 is 5.39. The molecular formula is C16H21N3OS. The van der Waals surface area contributed by atoms with Gasteiger partial charge in [-0.15, -0.1) is 5.10 Å². The fourth-order valence-corrected chi connectivity index (χ4v) is 3.35. The lowest BCUT2D eigenvalue weighted by Crippen LogP contribution is -2.10. The Bertz CT molecular complexity index is 616. The van der Waals surface area contributed by atoms with E-state index in [0.717, 1.165) is 39.8 Å². The summed E-state index contributed by atoms with van der Waals surface area (Å²) in [7, 11) is 1.67. The Balaban J connectivity index is 2.44. The highest BCUT2D eigenvalue weighted by Gasteiger charge is 2.15. The monoisotopic (exact) mass is 303 g/mol. The van der Waals surface area contributed by atoms with Crippen LogP contribution in [0.4, 0.5) is 0 Å². The van der Waals surface area contributed by atoms with Crippen molar-refractivity contribution in [3.8, 4) is 5.75 Å². The van der Waals surface area contributed by atoms with Crippen LogP contribution in [-0.4, -0.2) is 17.3 Å². The van der Waals surface area contributed by atoms with Crippen molar-refractivity contribution in [2.24, 2.45) is 5.73 Å². The van der Waals surface area contributed by atoms with Crippen LogP contribution in [0.1, 0.15) is 30.7 Å². The number of para-hydroxylation sites is 1. The zero-order chi connectivity index (χ0) is 15.2. The molecule has 1 aromatic carbocycles. The predicted octanol–water partition coefficient (Wildman–Crippen LogP) is 3.22. The van der Waals surface area contributed by atoms with Gasteiger partial charge in [-0.25, -0.2) is 0 Å². The molecule has 0 saturated carbocycles. The number of nitrogens with zero attached hydrogens (tertiary/aromatic N) is 2. The van der Waals surface area contributed by atoms with Crippen LogP contribution >= 0.6 is 11.8 Å².